The van der Waals surface area contributed by atoms with E-state index in [2.05, 4.69) is 20.5 Å². The minimum absolute atomic E-state index is 0.0384. The molecule has 1 N–H and O–H groups in total. The zero-order chi connectivity index (χ0) is 17.1. The average Bonchev–Trinajstić information content (AvgIpc) is 3.14. The third-order valence-corrected chi connectivity index (χ3v) is 6.10. The van der Waals surface area contributed by atoms with Crippen LogP contribution in [0.15, 0.2) is 9.64 Å². The van der Waals surface area contributed by atoms with Gasteiger partial charge in [-0.25, -0.2) is 4.98 Å². The van der Waals surface area contributed by atoms with E-state index in [-0.39, 0.29) is 11.2 Å². The molecule has 6 nitrogen and oxygen atoms in total. The molecular weight excluding hydrogens is 344 g/mol. The van der Waals surface area contributed by atoms with Crippen molar-refractivity contribution in [3.8, 4) is 10.8 Å². The second-order valence-electron chi connectivity index (χ2n) is 6.12. The molecule has 0 aliphatic heterocycles. The summed E-state index contributed by atoms with van der Waals surface area (Å²) in [6.45, 7) is 5.75. The summed E-state index contributed by atoms with van der Waals surface area (Å²) in [6, 6.07) is 0.315. The molecule has 2 heterocycles. The van der Waals surface area contributed by atoms with Crippen molar-refractivity contribution in [2.24, 2.45) is 0 Å². The Bertz CT molecular complexity index is 707. The van der Waals surface area contributed by atoms with Gasteiger partial charge < -0.3 is 9.73 Å². The number of hydrogen-bond donors (Lipinski definition) is 1. The summed E-state index contributed by atoms with van der Waals surface area (Å²) < 4.78 is 5.71. The fourth-order valence-corrected chi connectivity index (χ4v) is 4.38. The van der Waals surface area contributed by atoms with Gasteiger partial charge in [0, 0.05) is 6.04 Å². The van der Waals surface area contributed by atoms with Crippen molar-refractivity contribution < 1.29 is 9.21 Å². The Labute approximate surface area is 149 Å². The molecule has 1 unspecified atom stereocenters. The molecule has 1 aliphatic carbocycles. The Morgan fingerprint density at radius 1 is 1.29 bits per heavy atom. The van der Waals surface area contributed by atoms with Crippen LogP contribution in [-0.4, -0.2) is 32.4 Å². The van der Waals surface area contributed by atoms with E-state index in [0.29, 0.717) is 17.2 Å². The van der Waals surface area contributed by atoms with E-state index in [0.717, 1.165) is 28.4 Å². The minimum atomic E-state index is -0.260. The highest BCUT2D eigenvalue weighted by Crippen LogP contribution is 2.31. The van der Waals surface area contributed by atoms with Gasteiger partial charge in [0.15, 0.2) is 0 Å². The van der Waals surface area contributed by atoms with Gasteiger partial charge in [-0.05, 0) is 33.6 Å². The van der Waals surface area contributed by atoms with Crippen molar-refractivity contribution in [1.29, 1.82) is 0 Å². The van der Waals surface area contributed by atoms with E-state index in [4.69, 9.17) is 4.42 Å². The number of amides is 1. The van der Waals surface area contributed by atoms with Crippen LogP contribution in [0.25, 0.3) is 10.8 Å². The standard InChI is InChI=1S/C16H22N4O2S2/c1-9-13(24-11(3)17-9)15-19-20-16(22-15)23-10(2)14(21)18-12-7-5-4-6-8-12/h10,12H,4-8H2,1-3H3,(H,18,21). The molecule has 8 heteroatoms. The van der Waals surface area contributed by atoms with Gasteiger partial charge >= 0.3 is 0 Å². The summed E-state index contributed by atoms with van der Waals surface area (Å²) in [6.07, 6.45) is 5.84. The topological polar surface area (TPSA) is 80.9 Å². The lowest BCUT2D eigenvalue weighted by Gasteiger charge is -2.23. The summed E-state index contributed by atoms with van der Waals surface area (Å²) in [7, 11) is 0. The number of rotatable bonds is 5. The molecule has 130 valence electrons. The first kappa shape index (κ1) is 17.4. The maximum Gasteiger partial charge on any atom is 0.277 e. The van der Waals surface area contributed by atoms with E-state index in [1.54, 1.807) is 0 Å². The number of nitrogens with zero attached hydrogens (tertiary/aromatic N) is 3. The molecule has 0 spiro atoms. The molecule has 1 aliphatic rings. The zero-order valence-electron chi connectivity index (χ0n) is 14.2. The van der Waals surface area contributed by atoms with Crippen LogP contribution in [-0.2, 0) is 4.79 Å². The molecule has 24 heavy (non-hydrogen) atoms. The highest BCUT2D eigenvalue weighted by molar-refractivity contribution is 8.00. The second kappa shape index (κ2) is 7.65. The molecule has 1 saturated carbocycles. The van der Waals surface area contributed by atoms with E-state index in [9.17, 15) is 4.79 Å². The van der Waals surface area contributed by atoms with E-state index < -0.39 is 0 Å². The lowest BCUT2D eigenvalue weighted by atomic mass is 9.95. The monoisotopic (exact) mass is 366 g/mol. The first-order valence-corrected chi connectivity index (χ1v) is 9.97. The maximum absolute atomic E-state index is 12.3. The van der Waals surface area contributed by atoms with Crippen LogP contribution < -0.4 is 5.32 Å². The molecular formula is C16H22N4O2S2. The first-order chi connectivity index (χ1) is 11.5. The molecule has 0 radical (unpaired) electrons. The number of carbonyl (C=O) groups is 1. The molecule has 1 atom stereocenters. The molecule has 0 bridgehead atoms. The Morgan fingerprint density at radius 2 is 2.04 bits per heavy atom. The minimum Gasteiger partial charge on any atom is -0.410 e. The van der Waals surface area contributed by atoms with Crippen molar-refractivity contribution in [2.75, 3.05) is 0 Å². The smallest absolute Gasteiger partial charge is 0.277 e. The summed E-state index contributed by atoms with van der Waals surface area (Å²) in [5, 5.41) is 12.4. The molecule has 3 rings (SSSR count). The Balaban J connectivity index is 1.59. The molecule has 2 aromatic rings. The van der Waals surface area contributed by atoms with Gasteiger partial charge in [0.1, 0.15) is 4.88 Å². The Morgan fingerprint density at radius 3 is 2.71 bits per heavy atom. The van der Waals surface area contributed by atoms with Crippen molar-refractivity contribution in [3.63, 3.8) is 0 Å². The molecule has 1 amide bonds. The predicted octanol–water partition coefficient (Wildman–Crippen LogP) is 3.74. The average molecular weight is 367 g/mol. The zero-order valence-corrected chi connectivity index (χ0v) is 15.8. The highest BCUT2D eigenvalue weighted by Gasteiger charge is 2.23. The fraction of sp³-hybridized carbons (Fsp3) is 0.625. The molecule has 2 aromatic heterocycles. The lowest BCUT2D eigenvalue weighted by Crippen LogP contribution is -2.40. The van der Waals surface area contributed by atoms with E-state index in [1.807, 2.05) is 20.8 Å². The third-order valence-electron chi connectivity index (χ3n) is 4.10. The number of thioether (sulfide) groups is 1. The second-order valence-corrected chi connectivity index (χ2v) is 8.62. The van der Waals surface area contributed by atoms with Gasteiger partial charge in [-0.15, -0.1) is 21.5 Å². The van der Waals surface area contributed by atoms with Gasteiger partial charge in [0.05, 0.1) is 16.0 Å². The molecule has 0 aromatic carbocycles. The van der Waals surface area contributed by atoms with Crippen LogP contribution >= 0.6 is 23.1 Å². The number of thiazole rings is 1. The van der Waals surface area contributed by atoms with Gasteiger partial charge in [-0.2, -0.15) is 0 Å². The molecule has 1 fully saturated rings. The van der Waals surface area contributed by atoms with Gasteiger partial charge in [0.2, 0.25) is 5.91 Å². The van der Waals surface area contributed by atoms with Crippen LogP contribution in [0.3, 0.4) is 0 Å². The predicted molar refractivity (Wildman–Crippen MR) is 95.2 cm³/mol. The number of nitrogens with one attached hydrogen (secondary N) is 1. The van der Waals surface area contributed by atoms with E-state index in [1.165, 1.54) is 42.4 Å². The lowest BCUT2D eigenvalue weighted by molar-refractivity contribution is -0.121. The van der Waals surface area contributed by atoms with E-state index >= 15 is 0 Å². The number of aromatic nitrogens is 3. The van der Waals surface area contributed by atoms with Crippen LogP contribution in [0.1, 0.15) is 49.7 Å². The third kappa shape index (κ3) is 4.16. The summed E-state index contributed by atoms with van der Waals surface area (Å²) in [4.78, 5) is 17.6. The quantitative estimate of drug-likeness (QED) is 0.812. The SMILES string of the molecule is Cc1nc(C)c(-c2nnc(SC(C)C(=O)NC3CCCCC3)o2)s1. The largest absolute Gasteiger partial charge is 0.410 e. The van der Waals surface area contributed by atoms with Gasteiger partial charge in [0.25, 0.3) is 11.1 Å². The van der Waals surface area contributed by atoms with Crippen LogP contribution in [0, 0.1) is 13.8 Å². The van der Waals surface area contributed by atoms with Crippen molar-refractivity contribution >= 4 is 29.0 Å². The van der Waals surface area contributed by atoms with Crippen molar-refractivity contribution in [2.45, 2.75) is 69.4 Å². The van der Waals surface area contributed by atoms with Gasteiger partial charge in [-0.1, -0.05) is 31.0 Å². The number of carbonyl (C=O) groups excluding carboxylic acids is 1. The van der Waals surface area contributed by atoms with Crippen LogP contribution in [0.2, 0.25) is 0 Å². The fourth-order valence-electron chi connectivity index (χ4n) is 2.85. The molecule has 0 saturated heterocycles. The van der Waals surface area contributed by atoms with Crippen LogP contribution in [0.4, 0.5) is 0 Å². The number of aryl methyl sites for hydroxylation is 2. The van der Waals surface area contributed by atoms with Crippen molar-refractivity contribution in [3.05, 3.63) is 10.7 Å². The first-order valence-electron chi connectivity index (χ1n) is 8.28. The Kier molecular flexibility index (Phi) is 5.55. The van der Waals surface area contributed by atoms with Crippen LogP contribution in [0.5, 0.6) is 0 Å². The highest BCUT2D eigenvalue weighted by atomic mass is 32.2. The van der Waals surface area contributed by atoms with Gasteiger partial charge in [-0.3, -0.25) is 4.79 Å². The number of hydrogen-bond acceptors (Lipinski definition) is 7. The normalized spacial score (nSPS) is 17.0. The summed E-state index contributed by atoms with van der Waals surface area (Å²) in [5.41, 5.74) is 0.890. The van der Waals surface area contributed by atoms with Crippen molar-refractivity contribution in [1.82, 2.24) is 20.5 Å². The maximum atomic E-state index is 12.3. The Hall–Kier alpha value is -1.41. The summed E-state index contributed by atoms with van der Waals surface area (Å²) in [5.74, 6) is 0.511. The summed E-state index contributed by atoms with van der Waals surface area (Å²) >= 11 is 2.83.